The maximum absolute atomic E-state index is 12.0. The van der Waals surface area contributed by atoms with Crippen LogP contribution < -0.4 is 4.72 Å². The first-order valence-corrected chi connectivity index (χ1v) is 8.53. The van der Waals surface area contributed by atoms with Crippen LogP contribution in [0.15, 0.2) is 0 Å². The van der Waals surface area contributed by atoms with Crippen LogP contribution in [0.25, 0.3) is 0 Å². The summed E-state index contributed by atoms with van der Waals surface area (Å²) in [5.41, 5.74) is 0. The van der Waals surface area contributed by atoms with Gasteiger partial charge in [0.25, 0.3) is 10.2 Å². The minimum atomic E-state index is -3.30. The highest BCUT2D eigenvalue weighted by Gasteiger charge is 2.21. The molecule has 0 saturated carbocycles. The minimum absolute atomic E-state index is 0.418. The molecule has 18 heavy (non-hydrogen) atoms. The Kier molecular flexibility index (Phi) is 8.17. The van der Waals surface area contributed by atoms with Crippen molar-refractivity contribution in [1.29, 1.82) is 0 Å². The van der Waals surface area contributed by atoms with Crippen molar-refractivity contribution in [1.82, 2.24) is 9.03 Å². The Balaban J connectivity index is 2.21. The molecule has 1 fully saturated rings. The second-order valence-electron chi connectivity index (χ2n) is 4.37. The predicted molar refractivity (Wildman–Crippen MR) is 73.1 cm³/mol. The molecule has 0 bridgehead atoms. The first kappa shape index (κ1) is 16.2. The molecule has 0 radical (unpaired) electrons. The van der Waals surface area contributed by atoms with Crippen molar-refractivity contribution in [2.24, 2.45) is 0 Å². The first-order valence-electron chi connectivity index (χ1n) is 6.55. The Morgan fingerprint density at radius 2 is 1.78 bits per heavy atom. The Morgan fingerprint density at radius 3 is 2.39 bits per heavy atom. The Hall–Kier alpha value is 0.120. The van der Waals surface area contributed by atoms with E-state index in [1.807, 2.05) is 0 Å². The van der Waals surface area contributed by atoms with E-state index in [0.29, 0.717) is 45.1 Å². The van der Waals surface area contributed by atoms with E-state index in [1.54, 1.807) is 4.31 Å². The van der Waals surface area contributed by atoms with E-state index in [0.717, 1.165) is 25.7 Å². The number of hydrogen-bond acceptors (Lipinski definition) is 3. The molecular formula is C11H23ClN2O3S. The highest BCUT2D eigenvalue weighted by atomic mass is 35.5. The maximum atomic E-state index is 12.0. The monoisotopic (exact) mass is 298 g/mol. The minimum Gasteiger partial charge on any atom is -0.380 e. The largest absolute Gasteiger partial charge is 0.380 e. The molecule has 7 heteroatoms. The molecule has 0 spiro atoms. The number of ether oxygens (including phenoxy) is 1. The van der Waals surface area contributed by atoms with Gasteiger partial charge in [0.1, 0.15) is 0 Å². The fraction of sp³-hybridized carbons (Fsp3) is 1.00. The highest BCUT2D eigenvalue weighted by molar-refractivity contribution is 7.87. The van der Waals surface area contributed by atoms with Gasteiger partial charge in [0.15, 0.2) is 0 Å². The normalized spacial score (nSPS) is 18.7. The van der Waals surface area contributed by atoms with E-state index in [2.05, 4.69) is 4.72 Å². The molecule has 1 heterocycles. The van der Waals surface area contributed by atoms with Crippen LogP contribution in [0.4, 0.5) is 0 Å². The lowest BCUT2D eigenvalue weighted by molar-refractivity contribution is 0.147. The number of rotatable bonds is 8. The summed E-state index contributed by atoms with van der Waals surface area (Å²) in [5.74, 6) is 0.472. The van der Waals surface area contributed by atoms with E-state index >= 15 is 0 Å². The average molecular weight is 299 g/mol. The van der Waals surface area contributed by atoms with E-state index in [-0.39, 0.29) is 0 Å². The predicted octanol–water partition coefficient (Wildman–Crippen LogP) is 1.34. The summed E-state index contributed by atoms with van der Waals surface area (Å²) in [6.07, 6.45) is 4.83. The third kappa shape index (κ3) is 6.33. The number of nitrogens with zero attached hydrogens (tertiary/aromatic N) is 1. The van der Waals surface area contributed by atoms with Crippen LogP contribution in [-0.4, -0.2) is 51.5 Å². The van der Waals surface area contributed by atoms with Gasteiger partial charge in [-0.2, -0.15) is 12.7 Å². The lowest BCUT2D eigenvalue weighted by atomic mass is 10.2. The first-order chi connectivity index (χ1) is 8.67. The highest BCUT2D eigenvalue weighted by Crippen LogP contribution is 2.12. The summed E-state index contributed by atoms with van der Waals surface area (Å²) in [5, 5.41) is 0. The molecule has 0 aliphatic carbocycles. The van der Waals surface area contributed by atoms with Gasteiger partial charge >= 0.3 is 0 Å². The van der Waals surface area contributed by atoms with Crippen LogP contribution in [0.1, 0.15) is 32.1 Å². The van der Waals surface area contributed by atoms with Crippen molar-refractivity contribution in [2.75, 3.05) is 38.7 Å². The van der Waals surface area contributed by atoms with Crippen LogP contribution in [0.3, 0.4) is 0 Å². The van der Waals surface area contributed by atoms with Crippen LogP contribution in [0, 0.1) is 0 Å². The summed E-state index contributed by atoms with van der Waals surface area (Å²) in [6, 6.07) is 0. The van der Waals surface area contributed by atoms with Gasteiger partial charge in [-0.15, -0.1) is 11.6 Å². The summed E-state index contributed by atoms with van der Waals surface area (Å²) >= 11 is 5.46. The van der Waals surface area contributed by atoms with Crippen molar-refractivity contribution in [3.8, 4) is 0 Å². The molecule has 1 aliphatic heterocycles. The van der Waals surface area contributed by atoms with Gasteiger partial charge < -0.3 is 4.74 Å². The number of halogens is 1. The van der Waals surface area contributed by atoms with Gasteiger partial charge in [0.05, 0.1) is 6.61 Å². The zero-order chi connectivity index (χ0) is 13.3. The third-order valence-electron chi connectivity index (χ3n) is 2.88. The fourth-order valence-corrected chi connectivity index (χ4v) is 3.34. The summed E-state index contributed by atoms with van der Waals surface area (Å²) in [6.45, 7) is 2.74. The third-order valence-corrected chi connectivity index (χ3v) is 4.64. The SMILES string of the molecule is O=S(=O)(NCCCOCCCl)N1CCCCCC1. The topological polar surface area (TPSA) is 58.6 Å². The van der Waals surface area contributed by atoms with Crippen molar-refractivity contribution >= 4 is 21.8 Å². The van der Waals surface area contributed by atoms with Crippen molar-refractivity contribution < 1.29 is 13.2 Å². The zero-order valence-corrected chi connectivity index (χ0v) is 12.3. The number of hydrogen-bond donors (Lipinski definition) is 1. The van der Waals surface area contributed by atoms with Crippen LogP contribution in [0.2, 0.25) is 0 Å². The second-order valence-corrected chi connectivity index (χ2v) is 6.50. The maximum Gasteiger partial charge on any atom is 0.279 e. The number of alkyl halides is 1. The fourth-order valence-electron chi connectivity index (χ4n) is 1.91. The average Bonchev–Trinajstić information content (AvgIpc) is 2.63. The quantitative estimate of drug-likeness (QED) is 0.543. The van der Waals surface area contributed by atoms with Gasteiger partial charge in [0.2, 0.25) is 0 Å². The van der Waals surface area contributed by atoms with E-state index < -0.39 is 10.2 Å². The molecule has 0 unspecified atom stereocenters. The van der Waals surface area contributed by atoms with E-state index in [9.17, 15) is 8.42 Å². The molecule has 0 amide bonds. The van der Waals surface area contributed by atoms with Crippen molar-refractivity contribution in [2.45, 2.75) is 32.1 Å². The Labute approximate surface area is 115 Å². The zero-order valence-electron chi connectivity index (χ0n) is 10.7. The molecule has 1 rings (SSSR count). The smallest absolute Gasteiger partial charge is 0.279 e. The summed E-state index contributed by atoms with van der Waals surface area (Å²) in [7, 11) is -3.30. The lowest BCUT2D eigenvalue weighted by Gasteiger charge is -2.20. The van der Waals surface area contributed by atoms with Crippen LogP contribution in [0.5, 0.6) is 0 Å². The van der Waals surface area contributed by atoms with Crippen molar-refractivity contribution in [3.05, 3.63) is 0 Å². The summed E-state index contributed by atoms with van der Waals surface area (Å²) in [4.78, 5) is 0. The molecule has 1 N–H and O–H groups in total. The standard InChI is InChI=1S/C11H23ClN2O3S/c12-6-11-17-10-5-7-13-18(15,16)14-8-3-1-2-4-9-14/h13H,1-11H2. The van der Waals surface area contributed by atoms with Gasteiger partial charge in [-0.1, -0.05) is 12.8 Å². The molecule has 0 atom stereocenters. The molecule has 1 aliphatic rings. The molecule has 5 nitrogen and oxygen atoms in total. The summed E-state index contributed by atoms with van der Waals surface area (Å²) < 4.78 is 33.3. The Bertz CT molecular complexity index is 303. The lowest BCUT2D eigenvalue weighted by Crippen LogP contribution is -2.41. The Morgan fingerprint density at radius 1 is 1.11 bits per heavy atom. The van der Waals surface area contributed by atoms with Gasteiger partial charge in [0, 0.05) is 32.1 Å². The van der Waals surface area contributed by atoms with Gasteiger partial charge in [-0.05, 0) is 19.3 Å². The van der Waals surface area contributed by atoms with Crippen molar-refractivity contribution in [3.63, 3.8) is 0 Å². The molecule has 108 valence electrons. The van der Waals surface area contributed by atoms with Crippen LogP contribution >= 0.6 is 11.6 Å². The van der Waals surface area contributed by atoms with Crippen LogP contribution in [-0.2, 0) is 14.9 Å². The number of nitrogens with one attached hydrogen (secondary N) is 1. The van der Waals surface area contributed by atoms with Gasteiger partial charge in [-0.3, -0.25) is 0 Å². The molecule has 0 aromatic rings. The molecule has 1 saturated heterocycles. The molecule has 0 aromatic heterocycles. The van der Waals surface area contributed by atoms with E-state index in [4.69, 9.17) is 16.3 Å². The molecular weight excluding hydrogens is 276 g/mol. The van der Waals surface area contributed by atoms with E-state index in [1.165, 1.54) is 0 Å². The second kappa shape index (κ2) is 9.09. The van der Waals surface area contributed by atoms with Gasteiger partial charge in [-0.25, -0.2) is 4.72 Å². The molecule has 0 aromatic carbocycles.